The molecule has 2 aliphatic carbocycles. The number of anilines is 1. The van der Waals surface area contributed by atoms with E-state index in [1.165, 1.54) is 13.0 Å². The smallest absolute Gasteiger partial charge is 0.407 e. The van der Waals surface area contributed by atoms with Crippen molar-refractivity contribution in [3.8, 4) is 0 Å². The van der Waals surface area contributed by atoms with Crippen molar-refractivity contribution in [2.75, 3.05) is 12.3 Å². The highest BCUT2D eigenvalue weighted by molar-refractivity contribution is 5.92. The predicted molar refractivity (Wildman–Crippen MR) is 142 cm³/mol. The molecular formula is C29H42N2O7. The Balaban J connectivity index is 1.70. The highest BCUT2D eigenvalue weighted by atomic mass is 16.6. The lowest BCUT2D eigenvalue weighted by molar-refractivity contribution is -0.369. The maximum absolute atomic E-state index is 13.9. The third-order valence-corrected chi connectivity index (χ3v) is 9.62. The second-order valence-electron chi connectivity index (χ2n) is 12.6. The zero-order valence-electron chi connectivity index (χ0n) is 23.0. The summed E-state index contributed by atoms with van der Waals surface area (Å²) >= 11 is 0. The Morgan fingerprint density at radius 3 is 2.45 bits per heavy atom. The fourth-order valence-corrected chi connectivity index (χ4v) is 7.63. The highest BCUT2D eigenvalue weighted by Gasteiger charge is 2.81. The summed E-state index contributed by atoms with van der Waals surface area (Å²) in [5.41, 5.74) is -0.0165. The first-order valence-corrected chi connectivity index (χ1v) is 13.3. The first-order chi connectivity index (χ1) is 17.6. The molecule has 8 atom stereocenters. The van der Waals surface area contributed by atoms with Crippen LogP contribution in [0.1, 0.15) is 59.4 Å². The summed E-state index contributed by atoms with van der Waals surface area (Å²) < 4.78 is 12.2. The van der Waals surface area contributed by atoms with E-state index in [9.17, 15) is 24.9 Å². The van der Waals surface area contributed by atoms with Crippen LogP contribution in [0.2, 0.25) is 0 Å². The summed E-state index contributed by atoms with van der Waals surface area (Å²) in [6, 6.07) is 7.28. The number of aliphatic hydroxyl groups excluding tert-OH is 2. The molecule has 0 unspecified atom stereocenters. The van der Waals surface area contributed by atoms with Gasteiger partial charge in [0.05, 0.1) is 17.8 Å². The lowest BCUT2D eigenvalue weighted by Gasteiger charge is -2.71. The molecule has 6 N–H and O–H groups in total. The van der Waals surface area contributed by atoms with E-state index in [1.807, 2.05) is 26.0 Å². The minimum absolute atomic E-state index is 0.172. The average molecular weight is 531 g/mol. The molecule has 2 saturated carbocycles. The molecule has 0 radical (unpaired) electrons. The number of rotatable bonds is 5. The molecule has 3 aliphatic rings. The number of carbonyl (C=O) groups excluding carboxylic acids is 2. The number of hydrogen-bond donors (Lipinski definition) is 5. The van der Waals surface area contributed by atoms with Crippen molar-refractivity contribution in [3.63, 3.8) is 0 Å². The van der Waals surface area contributed by atoms with Gasteiger partial charge in [-0.3, -0.25) is 4.79 Å². The zero-order chi connectivity index (χ0) is 28.3. The van der Waals surface area contributed by atoms with Crippen LogP contribution in [0.5, 0.6) is 0 Å². The standard InChI is InChI=1S/C29H42N2O7/c1-7-26(4)16-20(33)29(36)27(5)19(32)12-14-25(2,3)22(27)21(34)23(28(29,6)38-26)37-24(35)31-15-13-17-8-10-18(30)11-9-17/h7-11,19,21-23,32,34,36H,1,12-16,30H2,2-6H3,(H,31,35)/t19-,21-,22-,23-,26-,27-,28+,29-/m0/s1. The second kappa shape index (κ2) is 9.33. The third-order valence-electron chi connectivity index (χ3n) is 9.62. The Morgan fingerprint density at radius 1 is 1.21 bits per heavy atom. The number of ether oxygens (including phenoxy) is 2. The Labute approximate surface area is 224 Å². The first-order valence-electron chi connectivity index (χ1n) is 13.3. The van der Waals surface area contributed by atoms with E-state index in [2.05, 4.69) is 11.9 Å². The van der Waals surface area contributed by atoms with E-state index in [0.29, 0.717) is 24.9 Å². The molecule has 1 aromatic carbocycles. The van der Waals surface area contributed by atoms with E-state index in [1.54, 1.807) is 26.0 Å². The number of nitrogens with two attached hydrogens (primary N) is 1. The van der Waals surface area contributed by atoms with Gasteiger partial charge in [-0.2, -0.15) is 0 Å². The lowest BCUT2D eigenvalue weighted by atomic mass is 9.40. The number of aliphatic hydroxyl groups is 3. The number of ketones is 1. The van der Waals surface area contributed by atoms with Gasteiger partial charge in [0.25, 0.3) is 0 Å². The molecule has 1 amide bonds. The number of benzene rings is 1. The first kappa shape index (κ1) is 28.5. The fraction of sp³-hybridized carbons (Fsp3) is 0.655. The predicted octanol–water partition coefficient (Wildman–Crippen LogP) is 2.51. The molecule has 210 valence electrons. The maximum Gasteiger partial charge on any atom is 0.407 e. The molecule has 3 fully saturated rings. The molecule has 1 aromatic rings. The molecule has 0 aromatic heterocycles. The van der Waals surface area contributed by atoms with Crippen molar-refractivity contribution >= 4 is 17.6 Å². The fourth-order valence-electron chi connectivity index (χ4n) is 7.63. The maximum atomic E-state index is 13.9. The minimum Gasteiger partial charge on any atom is -0.440 e. The molecule has 0 spiro atoms. The van der Waals surface area contributed by atoms with Crippen molar-refractivity contribution in [3.05, 3.63) is 42.5 Å². The molecule has 0 bridgehead atoms. The Bertz CT molecular complexity index is 1110. The number of hydrogen-bond acceptors (Lipinski definition) is 8. The van der Waals surface area contributed by atoms with E-state index in [0.717, 1.165) is 5.56 Å². The van der Waals surface area contributed by atoms with Crippen LogP contribution in [0.3, 0.4) is 0 Å². The summed E-state index contributed by atoms with van der Waals surface area (Å²) in [5.74, 6) is -1.31. The molecule has 9 nitrogen and oxygen atoms in total. The third kappa shape index (κ3) is 4.06. The number of amides is 1. The quantitative estimate of drug-likeness (QED) is 0.288. The van der Waals surface area contributed by atoms with E-state index < -0.39 is 63.7 Å². The molecule has 1 saturated heterocycles. The summed E-state index contributed by atoms with van der Waals surface area (Å²) in [6.45, 7) is 12.7. The number of nitrogens with one attached hydrogen (secondary N) is 1. The van der Waals surface area contributed by atoms with E-state index in [4.69, 9.17) is 15.2 Å². The van der Waals surface area contributed by atoms with Gasteiger partial charge < -0.3 is 35.8 Å². The molecule has 38 heavy (non-hydrogen) atoms. The topological polar surface area (TPSA) is 151 Å². The summed E-state index contributed by atoms with van der Waals surface area (Å²) in [6.07, 6.45) is -1.92. The molecule has 1 heterocycles. The van der Waals surface area contributed by atoms with Gasteiger partial charge in [-0.25, -0.2) is 4.79 Å². The Kier molecular flexibility index (Phi) is 7.01. The van der Waals surface area contributed by atoms with Gasteiger partial charge in [0.15, 0.2) is 17.5 Å². The minimum atomic E-state index is -2.25. The van der Waals surface area contributed by atoms with Crippen LogP contribution in [0, 0.1) is 16.7 Å². The monoisotopic (exact) mass is 530 g/mol. The lowest BCUT2D eigenvalue weighted by Crippen LogP contribution is -2.86. The van der Waals surface area contributed by atoms with Crippen LogP contribution in [-0.2, 0) is 20.7 Å². The van der Waals surface area contributed by atoms with Crippen molar-refractivity contribution in [1.29, 1.82) is 0 Å². The Morgan fingerprint density at radius 2 is 1.84 bits per heavy atom. The van der Waals surface area contributed by atoms with Gasteiger partial charge >= 0.3 is 6.09 Å². The highest BCUT2D eigenvalue weighted by Crippen LogP contribution is 2.67. The normalized spacial score (nSPS) is 41.9. The van der Waals surface area contributed by atoms with Crippen molar-refractivity contribution in [2.45, 2.75) is 95.4 Å². The molecular weight excluding hydrogens is 488 g/mol. The largest absolute Gasteiger partial charge is 0.440 e. The van der Waals surface area contributed by atoms with Gasteiger partial charge in [0.2, 0.25) is 0 Å². The summed E-state index contributed by atoms with van der Waals surface area (Å²) in [7, 11) is 0. The van der Waals surface area contributed by atoms with E-state index in [-0.39, 0.29) is 13.0 Å². The summed E-state index contributed by atoms with van der Waals surface area (Å²) in [4.78, 5) is 26.9. The van der Waals surface area contributed by atoms with Crippen molar-refractivity contribution < 1.29 is 34.4 Å². The SMILES string of the molecule is C=C[C@@]1(C)CC(=O)[C@]2(O)[C@@]3(C)[C@@H](O)CCC(C)(C)[C@@H]3[C@H](O)[C@H](OC(=O)NCCc3ccc(N)cc3)[C@@]2(C)O1. The Hall–Kier alpha value is -2.46. The average Bonchev–Trinajstić information content (AvgIpc) is 2.83. The zero-order valence-corrected chi connectivity index (χ0v) is 23.0. The van der Waals surface area contributed by atoms with Gasteiger partial charge in [0, 0.05) is 30.0 Å². The molecule has 1 aliphatic heterocycles. The van der Waals surface area contributed by atoms with Crippen LogP contribution in [0.4, 0.5) is 10.5 Å². The van der Waals surface area contributed by atoms with Gasteiger partial charge in [-0.15, -0.1) is 6.58 Å². The van der Waals surface area contributed by atoms with Gasteiger partial charge in [-0.05, 0) is 56.2 Å². The second-order valence-corrected chi connectivity index (χ2v) is 12.6. The number of nitrogen functional groups attached to an aromatic ring is 1. The van der Waals surface area contributed by atoms with Crippen LogP contribution in [0.25, 0.3) is 0 Å². The van der Waals surface area contributed by atoms with Gasteiger partial charge in [-0.1, -0.05) is 39.0 Å². The molecule has 9 heteroatoms. The number of Topliss-reactive ketones (excluding diaryl/α,β-unsaturated/α-hetero) is 1. The van der Waals surface area contributed by atoms with Gasteiger partial charge in [0.1, 0.15) is 5.60 Å². The van der Waals surface area contributed by atoms with Crippen LogP contribution in [-0.4, -0.2) is 68.9 Å². The van der Waals surface area contributed by atoms with Crippen LogP contribution < -0.4 is 11.1 Å². The number of carbonyl (C=O) groups is 2. The van der Waals surface area contributed by atoms with Crippen LogP contribution in [0.15, 0.2) is 36.9 Å². The number of alkyl carbamates (subject to hydrolysis) is 1. The van der Waals surface area contributed by atoms with Crippen molar-refractivity contribution in [1.82, 2.24) is 5.32 Å². The van der Waals surface area contributed by atoms with E-state index >= 15 is 0 Å². The number of fused-ring (bicyclic) bond motifs is 3. The summed E-state index contributed by atoms with van der Waals surface area (Å²) in [5, 5.41) is 38.3. The van der Waals surface area contributed by atoms with Crippen LogP contribution >= 0.6 is 0 Å². The van der Waals surface area contributed by atoms with Crippen molar-refractivity contribution in [2.24, 2.45) is 16.7 Å². The molecule has 4 rings (SSSR count).